The number of allylic oxidation sites excluding steroid dienone is 1. The van der Waals surface area contributed by atoms with Crippen LogP contribution in [0.1, 0.15) is 19.8 Å². The third-order valence-corrected chi connectivity index (χ3v) is 2.74. The zero-order valence-corrected chi connectivity index (χ0v) is 9.23. The predicted molar refractivity (Wildman–Crippen MR) is 56.6 cm³/mol. The molecule has 0 rings (SSSR count). The van der Waals surface area contributed by atoms with Crippen molar-refractivity contribution in [2.24, 2.45) is 0 Å². The lowest BCUT2D eigenvalue weighted by Crippen LogP contribution is -2.33. The van der Waals surface area contributed by atoms with Crippen LogP contribution in [0.3, 0.4) is 0 Å². The van der Waals surface area contributed by atoms with E-state index in [0.29, 0.717) is 0 Å². The summed E-state index contributed by atoms with van der Waals surface area (Å²) in [5.41, 5.74) is 0. The van der Waals surface area contributed by atoms with E-state index in [1.807, 2.05) is 13.0 Å². The molecular formula is C9H19NO2S. The minimum Gasteiger partial charge on any atom is -0.313 e. The highest BCUT2D eigenvalue weighted by Gasteiger charge is 2.08. The van der Waals surface area contributed by atoms with E-state index in [0.717, 1.165) is 19.4 Å². The van der Waals surface area contributed by atoms with Gasteiger partial charge in [0.25, 0.3) is 0 Å². The van der Waals surface area contributed by atoms with Crippen LogP contribution < -0.4 is 5.32 Å². The van der Waals surface area contributed by atoms with Gasteiger partial charge in [0.1, 0.15) is 9.84 Å². The van der Waals surface area contributed by atoms with Gasteiger partial charge in [-0.2, -0.15) is 0 Å². The first-order valence-electron chi connectivity index (χ1n) is 4.47. The van der Waals surface area contributed by atoms with Gasteiger partial charge in [-0.3, -0.25) is 0 Å². The number of unbranched alkanes of at least 4 members (excludes halogenated alkanes) is 1. The molecule has 0 aromatic rings. The highest BCUT2D eigenvalue weighted by molar-refractivity contribution is 7.90. The third-order valence-electron chi connectivity index (χ3n) is 1.63. The van der Waals surface area contributed by atoms with Crippen molar-refractivity contribution in [2.45, 2.75) is 25.8 Å². The zero-order valence-electron chi connectivity index (χ0n) is 8.41. The summed E-state index contributed by atoms with van der Waals surface area (Å²) in [5, 5.41) is 3.15. The van der Waals surface area contributed by atoms with Gasteiger partial charge < -0.3 is 5.32 Å². The lowest BCUT2D eigenvalue weighted by molar-refractivity contribution is 0.553. The summed E-state index contributed by atoms with van der Waals surface area (Å²) in [6.45, 7) is 6.35. The van der Waals surface area contributed by atoms with Crippen molar-refractivity contribution in [2.75, 3.05) is 18.6 Å². The molecule has 0 amide bonds. The molecule has 1 N–H and O–H groups in total. The molecule has 0 aliphatic rings. The van der Waals surface area contributed by atoms with Gasteiger partial charge in [-0.25, -0.2) is 8.42 Å². The van der Waals surface area contributed by atoms with Crippen LogP contribution in [0, 0.1) is 0 Å². The second-order valence-electron chi connectivity index (χ2n) is 3.38. The fourth-order valence-electron chi connectivity index (χ4n) is 1.11. The minimum atomic E-state index is -2.85. The van der Waals surface area contributed by atoms with Gasteiger partial charge >= 0.3 is 0 Å². The van der Waals surface area contributed by atoms with Crippen LogP contribution in [-0.2, 0) is 9.84 Å². The largest absolute Gasteiger partial charge is 0.313 e. The summed E-state index contributed by atoms with van der Waals surface area (Å²) in [4.78, 5) is 0. The smallest absolute Gasteiger partial charge is 0.148 e. The molecule has 4 heteroatoms. The summed E-state index contributed by atoms with van der Waals surface area (Å²) in [5.74, 6) is 0.209. The molecule has 0 aliphatic carbocycles. The molecule has 0 spiro atoms. The van der Waals surface area contributed by atoms with Gasteiger partial charge in [0.2, 0.25) is 0 Å². The summed E-state index contributed by atoms with van der Waals surface area (Å²) in [6.07, 6.45) is 5.11. The molecule has 0 saturated carbocycles. The summed E-state index contributed by atoms with van der Waals surface area (Å²) in [6, 6.07) is 0.0415. The Morgan fingerprint density at radius 1 is 1.54 bits per heavy atom. The van der Waals surface area contributed by atoms with Crippen LogP contribution in [0.4, 0.5) is 0 Å². The van der Waals surface area contributed by atoms with Crippen LogP contribution in [0.5, 0.6) is 0 Å². The number of nitrogens with one attached hydrogen (secondary N) is 1. The first-order valence-corrected chi connectivity index (χ1v) is 6.54. The van der Waals surface area contributed by atoms with E-state index < -0.39 is 9.84 Å². The first kappa shape index (κ1) is 12.7. The summed E-state index contributed by atoms with van der Waals surface area (Å²) < 4.78 is 21.7. The lowest BCUT2D eigenvalue weighted by Gasteiger charge is -2.11. The van der Waals surface area contributed by atoms with Gasteiger partial charge in [0.05, 0.1) is 5.75 Å². The SMILES string of the molecule is C=CCCCNC(C)CS(C)(=O)=O. The molecule has 78 valence electrons. The van der Waals surface area contributed by atoms with Crippen molar-refractivity contribution in [1.82, 2.24) is 5.32 Å². The molecule has 0 bridgehead atoms. The molecule has 3 nitrogen and oxygen atoms in total. The third kappa shape index (κ3) is 9.56. The number of hydrogen-bond donors (Lipinski definition) is 1. The lowest BCUT2D eigenvalue weighted by atomic mass is 10.3. The zero-order chi connectivity index (χ0) is 10.3. The van der Waals surface area contributed by atoms with Gasteiger partial charge in [-0.1, -0.05) is 6.08 Å². The average Bonchev–Trinajstić information content (AvgIpc) is 1.94. The van der Waals surface area contributed by atoms with Crippen molar-refractivity contribution in [3.05, 3.63) is 12.7 Å². The van der Waals surface area contributed by atoms with E-state index in [4.69, 9.17) is 0 Å². The second kappa shape index (κ2) is 6.16. The average molecular weight is 205 g/mol. The Kier molecular flexibility index (Phi) is 5.99. The van der Waals surface area contributed by atoms with Gasteiger partial charge in [0, 0.05) is 12.3 Å². The Morgan fingerprint density at radius 3 is 2.62 bits per heavy atom. The summed E-state index contributed by atoms with van der Waals surface area (Å²) in [7, 11) is -2.85. The quantitative estimate of drug-likeness (QED) is 0.498. The van der Waals surface area contributed by atoms with Gasteiger partial charge in [-0.15, -0.1) is 6.58 Å². The molecule has 0 radical (unpaired) electrons. The van der Waals surface area contributed by atoms with E-state index >= 15 is 0 Å². The Labute approximate surface area is 81.1 Å². The fourth-order valence-corrected chi connectivity index (χ4v) is 2.13. The van der Waals surface area contributed by atoms with Crippen LogP contribution in [0.15, 0.2) is 12.7 Å². The molecule has 1 atom stereocenters. The summed E-state index contributed by atoms with van der Waals surface area (Å²) >= 11 is 0. The molecule has 0 fully saturated rings. The van der Waals surface area contributed by atoms with Gasteiger partial charge in [0.15, 0.2) is 0 Å². The minimum absolute atomic E-state index is 0.0415. The van der Waals surface area contributed by atoms with Crippen LogP contribution in [0.2, 0.25) is 0 Å². The molecule has 1 unspecified atom stereocenters. The monoisotopic (exact) mass is 205 g/mol. The maximum atomic E-state index is 10.9. The number of sulfone groups is 1. The van der Waals surface area contributed by atoms with Crippen molar-refractivity contribution in [3.63, 3.8) is 0 Å². The topological polar surface area (TPSA) is 46.2 Å². The molecule has 0 saturated heterocycles. The maximum Gasteiger partial charge on any atom is 0.148 e. The standard InChI is InChI=1S/C9H19NO2S/c1-4-5-6-7-10-9(2)8-13(3,11)12/h4,9-10H,1,5-8H2,2-3H3. The highest BCUT2D eigenvalue weighted by Crippen LogP contribution is 1.92. The highest BCUT2D eigenvalue weighted by atomic mass is 32.2. The Morgan fingerprint density at radius 2 is 2.15 bits per heavy atom. The Balaban J connectivity index is 3.52. The molecule has 13 heavy (non-hydrogen) atoms. The van der Waals surface area contributed by atoms with Crippen LogP contribution >= 0.6 is 0 Å². The predicted octanol–water partition coefficient (Wildman–Crippen LogP) is 0.975. The van der Waals surface area contributed by atoms with Gasteiger partial charge in [-0.05, 0) is 26.3 Å². The van der Waals surface area contributed by atoms with E-state index in [1.54, 1.807) is 0 Å². The maximum absolute atomic E-state index is 10.9. The van der Waals surface area contributed by atoms with Crippen LogP contribution in [0.25, 0.3) is 0 Å². The first-order chi connectivity index (χ1) is 5.95. The van der Waals surface area contributed by atoms with E-state index in [1.165, 1.54) is 6.26 Å². The normalized spacial score (nSPS) is 14.0. The molecule has 0 aromatic heterocycles. The molecular weight excluding hydrogens is 186 g/mol. The molecule has 0 aliphatic heterocycles. The van der Waals surface area contributed by atoms with Crippen molar-refractivity contribution in [1.29, 1.82) is 0 Å². The Hall–Kier alpha value is -0.350. The Bertz CT molecular complexity index is 234. The fraction of sp³-hybridized carbons (Fsp3) is 0.778. The second-order valence-corrected chi connectivity index (χ2v) is 5.56. The molecule has 0 heterocycles. The number of rotatable bonds is 7. The molecule has 0 aromatic carbocycles. The van der Waals surface area contributed by atoms with E-state index in [-0.39, 0.29) is 11.8 Å². The van der Waals surface area contributed by atoms with Crippen molar-refractivity contribution in [3.8, 4) is 0 Å². The van der Waals surface area contributed by atoms with Crippen LogP contribution in [-0.4, -0.2) is 33.0 Å². The van der Waals surface area contributed by atoms with Crippen molar-refractivity contribution < 1.29 is 8.42 Å². The number of hydrogen-bond acceptors (Lipinski definition) is 3. The van der Waals surface area contributed by atoms with E-state index in [9.17, 15) is 8.42 Å². The van der Waals surface area contributed by atoms with Crippen molar-refractivity contribution >= 4 is 9.84 Å². The van der Waals surface area contributed by atoms with E-state index in [2.05, 4.69) is 11.9 Å².